The number of thiazole rings is 1. The lowest BCUT2D eigenvalue weighted by Gasteiger charge is -2.32. The maximum Gasteiger partial charge on any atom is 0.225 e. The van der Waals surface area contributed by atoms with Gasteiger partial charge in [-0.1, -0.05) is 18.3 Å². The summed E-state index contributed by atoms with van der Waals surface area (Å²) < 4.78 is 6.41. The highest BCUT2D eigenvalue weighted by Gasteiger charge is 2.27. The minimum absolute atomic E-state index is 0.0503. The Hall–Kier alpha value is -1.82. The van der Waals surface area contributed by atoms with E-state index in [4.69, 9.17) is 9.72 Å². The Morgan fingerprint density at radius 3 is 3.12 bits per heavy atom. The van der Waals surface area contributed by atoms with Gasteiger partial charge < -0.3 is 15.0 Å². The predicted octanol–water partition coefficient (Wildman–Crippen LogP) is 3.44. The second kappa shape index (κ2) is 7.38. The third-order valence-corrected chi connectivity index (χ3v) is 5.73. The average Bonchev–Trinajstić information content (AvgIpc) is 3.04. The maximum absolute atomic E-state index is 12.4. The van der Waals surface area contributed by atoms with Gasteiger partial charge >= 0.3 is 0 Å². The quantitative estimate of drug-likeness (QED) is 0.900. The molecule has 1 aliphatic rings. The van der Waals surface area contributed by atoms with E-state index in [0.29, 0.717) is 0 Å². The zero-order valence-electron chi connectivity index (χ0n) is 14.5. The SMILES string of the molecule is CCC(C)NC(=O)C1CCCN(c2nc3ccc(OC)cc3s2)C1. The first-order chi connectivity index (χ1) is 11.6. The molecule has 1 fully saturated rings. The van der Waals surface area contributed by atoms with Crippen LogP contribution >= 0.6 is 11.3 Å². The molecule has 2 atom stereocenters. The summed E-state index contributed by atoms with van der Waals surface area (Å²) in [5.41, 5.74) is 0.988. The molecule has 1 N–H and O–H groups in total. The van der Waals surface area contributed by atoms with Gasteiger partial charge in [0, 0.05) is 19.1 Å². The third kappa shape index (κ3) is 3.64. The molecule has 2 unspecified atom stereocenters. The number of aromatic nitrogens is 1. The Labute approximate surface area is 147 Å². The number of hydrogen-bond acceptors (Lipinski definition) is 5. The number of anilines is 1. The molecule has 0 radical (unpaired) electrons. The van der Waals surface area contributed by atoms with Gasteiger partial charge in [-0.15, -0.1) is 0 Å². The van der Waals surface area contributed by atoms with Gasteiger partial charge in [-0.3, -0.25) is 4.79 Å². The molecule has 5 nitrogen and oxygen atoms in total. The van der Waals surface area contributed by atoms with E-state index in [-0.39, 0.29) is 17.9 Å². The van der Waals surface area contributed by atoms with E-state index < -0.39 is 0 Å². The summed E-state index contributed by atoms with van der Waals surface area (Å²) in [6.07, 6.45) is 2.94. The number of benzene rings is 1. The summed E-state index contributed by atoms with van der Waals surface area (Å²) in [5.74, 6) is 1.08. The van der Waals surface area contributed by atoms with Gasteiger partial charge in [-0.25, -0.2) is 4.98 Å². The molecule has 0 spiro atoms. The van der Waals surface area contributed by atoms with E-state index in [1.807, 2.05) is 18.2 Å². The fraction of sp³-hybridized carbons (Fsp3) is 0.556. The van der Waals surface area contributed by atoms with Crippen LogP contribution in [0.5, 0.6) is 5.75 Å². The Balaban J connectivity index is 1.73. The van der Waals surface area contributed by atoms with Crippen molar-refractivity contribution in [2.45, 2.75) is 39.2 Å². The number of amides is 1. The molecule has 1 aromatic carbocycles. The summed E-state index contributed by atoms with van der Waals surface area (Å²) in [5, 5.41) is 4.11. The second-order valence-electron chi connectivity index (χ2n) is 6.43. The van der Waals surface area contributed by atoms with Crippen molar-refractivity contribution in [3.05, 3.63) is 18.2 Å². The first kappa shape index (κ1) is 17.0. The van der Waals surface area contributed by atoms with Crippen LogP contribution in [0, 0.1) is 5.92 Å². The number of ether oxygens (including phenoxy) is 1. The Morgan fingerprint density at radius 2 is 2.38 bits per heavy atom. The molecule has 1 amide bonds. The Bertz CT molecular complexity index is 715. The molecule has 0 bridgehead atoms. The molecular formula is C18H25N3O2S. The van der Waals surface area contributed by atoms with E-state index in [1.54, 1.807) is 18.4 Å². The van der Waals surface area contributed by atoms with Crippen molar-refractivity contribution in [1.82, 2.24) is 10.3 Å². The molecule has 2 heterocycles. The lowest BCUT2D eigenvalue weighted by Crippen LogP contribution is -2.45. The maximum atomic E-state index is 12.4. The summed E-state index contributed by atoms with van der Waals surface area (Å²) in [6, 6.07) is 6.19. The number of methoxy groups -OCH3 is 1. The number of fused-ring (bicyclic) bond motifs is 1. The van der Waals surface area contributed by atoms with Gasteiger partial charge in [0.25, 0.3) is 0 Å². The van der Waals surface area contributed by atoms with E-state index in [2.05, 4.69) is 24.1 Å². The van der Waals surface area contributed by atoms with Crippen LogP contribution in [-0.2, 0) is 4.79 Å². The molecule has 6 heteroatoms. The van der Waals surface area contributed by atoms with Crippen molar-refractivity contribution >= 4 is 32.6 Å². The van der Waals surface area contributed by atoms with Crippen LogP contribution in [0.4, 0.5) is 5.13 Å². The molecular weight excluding hydrogens is 322 g/mol. The standard InChI is InChI=1S/C18H25N3O2S/c1-4-12(2)19-17(22)13-6-5-9-21(11-13)18-20-15-8-7-14(23-3)10-16(15)24-18/h7-8,10,12-13H,4-6,9,11H2,1-3H3,(H,19,22). The molecule has 0 saturated carbocycles. The Morgan fingerprint density at radius 1 is 1.54 bits per heavy atom. The van der Waals surface area contributed by atoms with Crippen molar-refractivity contribution in [2.75, 3.05) is 25.1 Å². The molecule has 1 aromatic heterocycles. The number of carbonyl (C=O) groups excluding carboxylic acids is 1. The number of rotatable bonds is 5. The van der Waals surface area contributed by atoms with E-state index in [0.717, 1.165) is 53.4 Å². The highest BCUT2D eigenvalue weighted by Crippen LogP contribution is 2.33. The van der Waals surface area contributed by atoms with Crippen LogP contribution in [0.15, 0.2) is 18.2 Å². The van der Waals surface area contributed by atoms with Crippen LogP contribution in [0.25, 0.3) is 10.2 Å². The Kier molecular flexibility index (Phi) is 5.23. The molecule has 3 rings (SSSR count). The topological polar surface area (TPSA) is 54.5 Å². The number of nitrogens with one attached hydrogen (secondary N) is 1. The highest BCUT2D eigenvalue weighted by atomic mass is 32.1. The van der Waals surface area contributed by atoms with Gasteiger partial charge in [0.2, 0.25) is 5.91 Å². The van der Waals surface area contributed by atoms with Crippen molar-refractivity contribution in [3.63, 3.8) is 0 Å². The largest absolute Gasteiger partial charge is 0.497 e. The van der Waals surface area contributed by atoms with E-state index in [9.17, 15) is 4.79 Å². The predicted molar refractivity (Wildman–Crippen MR) is 99.0 cm³/mol. The first-order valence-electron chi connectivity index (χ1n) is 8.60. The number of hydrogen-bond donors (Lipinski definition) is 1. The summed E-state index contributed by atoms with van der Waals surface area (Å²) >= 11 is 1.67. The van der Waals surface area contributed by atoms with E-state index >= 15 is 0 Å². The smallest absolute Gasteiger partial charge is 0.225 e. The van der Waals surface area contributed by atoms with Crippen LogP contribution in [0.2, 0.25) is 0 Å². The zero-order valence-corrected chi connectivity index (χ0v) is 15.4. The fourth-order valence-corrected chi connectivity index (χ4v) is 4.01. The third-order valence-electron chi connectivity index (χ3n) is 4.65. The molecule has 1 aliphatic heterocycles. The molecule has 2 aromatic rings. The lowest BCUT2D eigenvalue weighted by atomic mass is 9.97. The minimum atomic E-state index is 0.0503. The zero-order chi connectivity index (χ0) is 17.1. The number of piperidine rings is 1. The van der Waals surface area contributed by atoms with Gasteiger partial charge in [-0.2, -0.15) is 0 Å². The molecule has 24 heavy (non-hydrogen) atoms. The van der Waals surface area contributed by atoms with Crippen molar-refractivity contribution in [1.29, 1.82) is 0 Å². The fourth-order valence-electron chi connectivity index (χ4n) is 2.98. The van der Waals surface area contributed by atoms with Gasteiger partial charge in [-0.05, 0) is 44.4 Å². The summed E-state index contributed by atoms with van der Waals surface area (Å²) in [7, 11) is 1.67. The highest BCUT2D eigenvalue weighted by molar-refractivity contribution is 7.22. The van der Waals surface area contributed by atoms with E-state index in [1.165, 1.54) is 0 Å². The minimum Gasteiger partial charge on any atom is -0.497 e. The van der Waals surface area contributed by atoms with Gasteiger partial charge in [0.05, 0.1) is 23.2 Å². The average molecular weight is 347 g/mol. The van der Waals surface area contributed by atoms with Crippen molar-refractivity contribution in [3.8, 4) is 5.75 Å². The monoisotopic (exact) mass is 347 g/mol. The van der Waals surface area contributed by atoms with Crippen LogP contribution in [0.3, 0.4) is 0 Å². The number of carbonyl (C=O) groups is 1. The van der Waals surface area contributed by atoms with Crippen molar-refractivity contribution in [2.24, 2.45) is 5.92 Å². The van der Waals surface area contributed by atoms with Crippen LogP contribution in [0.1, 0.15) is 33.1 Å². The van der Waals surface area contributed by atoms with Crippen LogP contribution < -0.4 is 15.0 Å². The van der Waals surface area contributed by atoms with Crippen molar-refractivity contribution < 1.29 is 9.53 Å². The normalized spacial score (nSPS) is 19.3. The number of nitrogens with zero attached hydrogens (tertiary/aromatic N) is 2. The molecule has 130 valence electrons. The molecule has 1 saturated heterocycles. The summed E-state index contributed by atoms with van der Waals surface area (Å²) in [4.78, 5) is 19.4. The molecule has 0 aliphatic carbocycles. The van der Waals surface area contributed by atoms with Crippen LogP contribution in [-0.4, -0.2) is 37.1 Å². The lowest BCUT2D eigenvalue weighted by molar-refractivity contribution is -0.125. The second-order valence-corrected chi connectivity index (χ2v) is 7.44. The van der Waals surface area contributed by atoms with Gasteiger partial charge in [0.15, 0.2) is 5.13 Å². The first-order valence-corrected chi connectivity index (χ1v) is 9.42. The van der Waals surface area contributed by atoms with Gasteiger partial charge in [0.1, 0.15) is 5.75 Å². The summed E-state index contributed by atoms with van der Waals surface area (Å²) in [6.45, 7) is 5.86.